The molecule has 0 saturated carbocycles. The van der Waals surface area contributed by atoms with Gasteiger partial charge >= 0.3 is 5.97 Å². The molecule has 0 atom stereocenters. The van der Waals surface area contributed by atoms with Gasteiger partial charge in [-0.3, -0.25) is 4.79 Å². The molecule has 144 valence electrons. The summed E-state index contributed by atoms with van der Waals surface area (Å²) >= 11 is 0. The zero-order valence-electron chi connectivity index (χ0n) is 16.0. The molecule has 0 heterocycles. The Labute approximate surface area is 154 Å². The van der Waals surface area contributed by atoms with Gasteiger partial charge in [0.05, 0.1) is 0 Å². The first-order valence-corrected chi connectivity index (χ1v) is 9.89. The smallest absolute Gasteiger partial charge is 0.303 e. The topological polar surface area (TPSA) is 89.3 Å². The van der Waals surface area contributed by atoms with Gasteiger partial charge in [-0.2, -0.15) is 0 Å². The van der Waals surface area contributed by atoms with E-state index >= 15 is 0 Å². The lowest BCUT2D eigenvalue weighted by atomic mass is 10.0. The number of benzene rings is 1. The average Bonchev–Trinajstić information content (AvgIpc) is 2.56. The molecule has 0 aliphatic carbocycles. The molecule has 5 N–H and O–H groups in total. The molecule has 1 aromatic rings. The highest BCUT2D eigenvalue weighted by Crippen LogP contribution is 2.12. The quantitative estimate of drug-likeness (QED) is 0.300. The van der Waals surface area contributed by atoms with Crippen LogP contribution in [-0.4, -0.2) is 11.1 Å². The molecule has 0 fully saturated rings. The van der Waals surface area contributed by atoms with E-state index in [2.05, 4.69) is 6.92 Å². The molecule has 0 saturated heterocycles. The van der Waals surface area contributed by atoms with Crippen molar-refractivity contribution in [1.29, 1.82) is 0 Å². The van der Waals surface area contributed by atoms with Crippen LogP contribution in [0.3, 0.4) is 0 Å². The van der Waals surface area contributed by atoms with E-state index in [1.807, 2.05) is 6.07 Å². The molecule has 1 rings (SSSR count). The summed E-state index contributed by atoms with van der Waals surface area (Å²) in [7, 11) is 0. The maximum Gasteiger partial charge on any atom is 0.303 e. The van der Waals surface area contributed by atoms with Crippen molar-refractivity contribution in [2.75, 3.05) is 11.5 Å². The van der Waals surface area contributed by atoms with E-state index in [0.717, 1.165) is 12.8 Å². The summed E-state index contributed by atoms with van der Waals surface area (Å²) in [4.78, 5) is 10.3. The Morgan fingerprint density at radius 2 is 1.20 bits per heavy atom. The SMILES string of the molecule is CCCCCCCCCCCCCCC(=O)O.Nc1cccc(N)c1. The third kappa shape index (κ3) is 18.5. The van der Waals surface area contributed by atoms with E-state index in [4.69, 9.17) is 16.6 Å². The minimum absolute atomic E-state index is 0.345. The maximum absolute atomic E-state index is 10.3. The van der Waals surface area contributed by atoms with Crippen LogP contribution < -0.4 is 11.5 Å². The monoisotopic (exact) mass is 350 g/mol. The lowest BCUT2D eigenvalue weighted by molar-refractivity contribution is -0.137. The van der Waals surface area contributed by atoms with E-state index in [1.165, 1.54) is 64.2 Å². The van der Waals surface area contributed by atoms with Crippen molar-refractivity contribution in [3.05, 3.63) is 24.3 Å². The van der Waals surface area contributed by atoms with Crippen LogP contribution in [0.2, 0.25) is 0 Å². The van der Waals surface area contributed by atoms with Crippen molar-refractivity contribution in [3.8, 4) is 0 Å². The Kier molecular flexibility index (Phi) is 16.0. The van der Waals surface area contributed by atoms with E-state index in [9.17, 15) is 4.79 Å². The van der Waals surface area contributed by atoms with Gasteiger partial charge in [-0.15, -0.1) is 0 Å². The second-order valence-corrected chi connectivity index (χ2v) is 6.70. The third-order valence-electron chi connectivity index (χ3n) is 4.15. The number of unbranched alkanes of at least 4 members (excludes halogenated alkanes) is 11. The number of nitrogens with two attached hydrogens (primary N) is 2. The molecule has 1 aromatic carbocycles. The van der Waals surface area contributed by atoms with Crippen molar-refractivity contribution < 1.29 is 9.90 Å². The highest BCUT2D eigenvalue weighted by molar-refractivity contribution is 5.66. The standard InChI is InChI=1S/C15H30O2.C6H8N2/c1-2-3-4-5-6-7-8-9-10-11-12-13-14-15(16)17;7-5-2-1-3-6(8)4-5/h2-14H2,1H3,(H,16,17);1-4H,7-8H2. The number of hydrogen-bond donors (Lipinski definition) is 3. The molecule has 0 aromatic heterocycles. The Balaban J connectivity index is 0.000000593. The van der Waals surface area contributed by atoms with Crippen molar-refractivity contribution in [2.24, 2.45) is 0 Å². The molecule has 0 radical (unpaired) electrons. The van der Waals surface area contributed by atoms with E-state index in [0.29, 0.717) is 17.8 Å². The largest absolute Gasteiger partial charge is 0.481 e. The lowest BCUT2D eigenvalue weighted by Crippen LogP contribution is -1.93. The van der Waals surface area contributed by atoms with Gasteiger partial charge in [0.1, 0.15) is 0 Å². The number of anilines is 2. The number of hydrogen-bond acceptors (Lipinski definition) is 3. The van der Waals surface area contributed by atoms with Crippen LogP contribution >= 0.6 is 0 Å². The van der Waals surface area contributed by atoms with Gasteiger partial charge in [0.25, 0.3) is 0 Å². The van der Waals surface area contributed by atoms with Crippen molar-refractivity contribution in [2.45, 2.75) is 90.4 Å². The van der Waals surface area contributed by atoms with Gasteiger partial charge in [-0.05, 0) is 24.6 Å². The Morgan fingerprint density at radius 1 is 0.800 bits per heavy atom. The first-order chi connectivity index (χ1) is 12.1. The average molecular weight is 351 g/mol. The first-order valence-electron chi connectivity index (χ1n) is 9.89. The van der Waals surface area contributed by atoms with E-state index < -0.39 is 5.97 Å². The zero-order chi connectivity index (χ0) is 18.8. The molecule has 0 amide bonds. The Hall–Kier alpha value is -1.71. The lowest BCUT2D eigenvalue weighted by Gasteiger charge is -2.02. The number of carbonyl (C=O) groups is 1. The highest BCUT2D eigenvalue weighted by Gasteiger charge is 1.96. The van der Waals surface area contributed by atoms with E-state index in [1.54, 1.807) is 18.2 Å². The van der Waals surface area contributed by atoms with Crippen molar-refractivity contribution in [1.82, 2.24) is 0 Å². The summed E-state index contributed by atoms with van der Waals surface area (Å²) < 4.78 is 0. The van der Waals surface area contributed by atoms with Crippen LogP contribution in [0.1, 0.15) is 90.4 Å². The number of nitrogen functional groups attached to an aromatic ring is 2. The zero-order valence-corrected chi connectivity index (χ0v) is 16.0. The minimum atomic E-state index is -0.655. The Morgan fingerprint density at radius 3 is 1.52 bits per heavy atom. The normalized spacial score (nSPS) is 10.1. The van der Waals surface area contributed by atoms with Crippen LogP contribution in [0, 0.1) is 0 Å². The van der Waals surface area contributed by atoms with Crippen LogP contribution in [0.4, 0.5) is 11.4 Å². The second kappa shape index (κ2) is 17.1. The molecule has 25 heavy (non-hydrogen) atoms. The predicted octanol–water partition coefficient (Wildman–Crippen LogP) is 6.01. The first kappa shape index (κ1) is 23.3. The molecule has 0 aliphatic heterocycles. The van der Waals surface area contributed by atoms with E-state index in [-0.39, 0.29) is 0 Å². The molecule has 0 aliphatic rings. The second-order valence-electron chi connectivity index (χ2n) is 6.70. The van der Waals surface area contributed by atoms with Crippen LogP contribution in [-0.2, 0) is 4.79 Å². The molecule has 4 nitrogen and oxygen atoms in total. The van der Waals surface area contributed by atoms with Gasteiger partial charge in [-0.1, -0.05) is 83.6 Å². The Bertz CT molecular complexity index is 418. The molecule has 0 spiro atoms. The highest BCUT2D eigenvalue weighted by atomic mass is 16.4. The summed E-state index contributed by atoms with van der Waals surface area (Å²) in [5.41, 5.74) is 12.2. The van der Waals surface area contributed by atoms with Gasteiger partial charge < -0.3 is 16.6 Å². The molecule has 0 bridgehead atoms. The molecule has 4 heteroatoms. The van der Waals surface area contributed by atoms with Crippen molar-refractivity contribution in [3.63, 3.8) is 0 Å². The molecular weight excluding hydrogens is 312 g/mol. The predicted molar refractivity (Wildman–Crippen MR) is 109 cm³/mol. The van der Waals surface area contributed by atoms with Gasteiger partial charge in [0.2, 0.25) is 0 Å². The van der Waals surface area contributed by atoms with Gasteiger partial charge in [-0.25, -0.2) is 0 Å². The summed E-state index contributed by atoms with van der Waals surface area (Å²) in [6.45, 7) is 2.25. The van der Waals surface area contributed by atoms with Gasteiger partial charge in [0.15, 0.2) is 0 Å². The number of aliphatic carboxylic acids is 1. The third-order valence-corrected chi connectivity index (χ3v) is 4.15. The van der Waals surface area contributed by atoms with Gasteiger partial charge in [0, 0.05) is 17.8 Å². The van der Waals surface area contributed by atoms with Crippen LogP contribution in [0.25, 0.3) is 0 Å². The fourth-order valence-corrected chi connectivity index (χ4v) is 2.68. The number of rotatable bonds is 13. The van der Waals surface area contributed by atoms with Crippen LogP contribution in [0.5, 0.6) is 0 Å². The molecule has 0 unspecified atom stereocenters. The minimum Gasteiger partial charge on any atom is -0.481 e. The number of carboxylic acid groups (broad SMARTS) is 1. The fraction of sp³-hybridized carbons (Fsp3) is 0.667. The summed E-state index contributed by atoms with van der Waals surface area (Å²) in [6, 6.07) is 7.15. The summed E-state index contributed by atoms with van der Waals surface area (Å²) in [6.07, 6.45) is 15.8. The molecular formula is C21H38N2O2. The fourth-order valence-electron chi connectivity index (χ4n) is 2.68. The van der Waals surface area contributed by atoms with Crippen LogP contribution in [0.15, 0.2) is 24.3 Å². The summed E-state index contributed by atoms with van der Waals surface area (Å²) in [5.74, 6) is -0.655. The maximum atomic E-state index is 10.3. The number of carboxylic acids is 1. The van der Waals surface area contributed by atoms with Crippen molar-refractivity contribution >= 4 is 17.3 Å². The summed E-state index contributed by atoms with van der Waals surface area (Å²) in [5, 5.41) is 8.47.